The smallest absolute Gasteiger partial charge is 0.246 e. The highest BCUT2D eigenvalue weighted by atomic mass is 16.5. The second-order valence-electron chi connectivity index (χ2n) is 5.27. The molecule has 0 aromatic heterocycles. The van der Waals surface area contributed by atoms with Crippen molar-refractivity contribution in [3.05, 3.63) is 0 Å². The van der Waals surface area contributed by atoms with E-state index in [1.165, 1.54) is 6.92 Å². The van der Waals surface area contributed by atoms with Crippen LogP contribution in [0.3, 0.4) is 0 Å². The van der Waals surface area contributed by atoms with Crippen LogP contribution < -0.4 is 16.4 Å². The summed E-state index contributed by atoms with van der Waals surface area (Å²) in [5.74, 6) is -0.371. The van der Waals surface area contributed by atoms with Crippen molar-refractivity contribution in [2.24, 2.45) is 5.73 Å². The second-order valence-corrected chi connectivity index (χ2v) is 5.27. The number of hydrogen-bond acceptors (Lipinski definition) is 8. The fourth-order valence-corrected chi connectivity index (χ4v) is 1.62. The van der Waals surface area contributed by atoms with Gasteiger partial charge in [-0.25, -0.2) is 0 Å². The number of rotatable bonds is 18. The molecule has 0 spiro atoms. The van der Waals surface area contributed by atoms with Crippen LogP contribution in [-0.4, -0.2) is 90.1 Å². The second kappa shape index (κ2) is 18.2. The van der Waals surface area contributed by atoms with Crippen LogP contribution >= 0.6 is 0 Å². The number of nitrogens with two attached hydrogens (primary N) is 1. The topological polar surface area (TPSA) is 138 Å². The Balaban J connectivity index is 3.24. The lowest BCUT2D eigenvalue weighted by Crippen LogP contribution is -2.31. The summed E-state index contributed by atoms with van der Waals surface area (Å²) >= 11 is 0. The molecule has 0 atom stereocenters. The van der Waals surface area contributed by atoms with Crippen molar-refractivity contribution in [2.75, 3.05) is 72.5 Å². The Morgan fingerprint density at radius 3 is 1.77 bits per heavy atom. The molecule has 4 N–H and O–H groups in total. The van der Waals surface area contributed by atoms with Gasteiger partial charge in [-0.3, -0.25) is 14.4 Å². The molecule has 10 heteroatoms. The van der Waals surface area contributed by atoms with Gasteiger partial charge in [0.05, 0.1) is 39.6 Å². The lowest BCUT2D eigenvalue weighted by molar-refractivity contribution is -0.127. The Bertz CT molecular complexity index is 394. The number of ketones is 1. The van der Waals surface area contributed by atoms with Crippen molar-refractivity contribution in [3.8, 4) is 0 Å². The first-order valence-corrected chi connectivity index (χ1v) is 8.60. The van der Waals surface area contributed by atoms with Gasteiger partial charge in [-0.1, -0.05) is 0 Å². The van der Waals surface area contributed by atoms with E-state index in [-0.39, 0.29) is 37.4 Å². The zero-order valence-electron chi connectivity index (χ0n) is 15.4. The average molecular weight is 377 g/mol. The van der Waals surface area contributed by atoms with Gasteiger partial charge in [0, 0.05) is 26.1 Å². The maximum atomic E-state index is 11.5. The normalized spacial score (nSPS) is 10.5. The van der Waals surface area contributed by atoms with E-state index in [1.807, 2.05) is 0 Å². The van der Waals surface area contributed by atoms with Gasteiger partial charge in [0.2, 0.25) is 11.8 Å². The fourth-order valence-electron chi connectivity index (χ4n) is 1.62. The summed E-state index contributed by atoms with van der Waals surface area (Å²) in [7, 11) is 0. The van der Waals surface area contributed by atoms with Gasteiger partial charge < -0.3 is 35.3 Å². The number of carbonyl (C=O) groups is 3. The van der Waals surface area contributed by atoms with Crippen LogP contribution in [0, 0.1) is 0 Å². The number of nitrogens with one attached hydrogen (secondary N) is 2. The minimum Gasteiger partial charge on any atom is -0.377 e. The average Bonchev–Trinajstić information content (AvgIpc) is 2.59. The molecule has 0 aromatic rings. The molecule has 0 aromatic carbocycles. The predicted octanol–water partition coefficient (Wildman–Crippen LogP) is -1.78. The van der Waals surface area contributed by atoms with Gasteiger partial charge in [-0.15, -0.1) is 0 Å². The molecular formula is C16H31N3O7. The Morgan fingerprint density at radius 2 is 1.23 bits per heavy atom. The monoisotopic (exact) mass is 377 g/mol. The molecule has 2 amide bonds. The number of amides is 2. The third kappa shape index (κ3) is 18.7. The highest BCUT2D eigenvalue weighted by Gasteiger charge is 2.01. The SMILES string of the molecule is CC(=O)COCCOCCNC(=O)COCCOCCNC(=O)CCN. The zero-order valence-corrected chi connectivity index (χ0v) is 15.4. The first-order valence-electron chi connectivity index (χ1n) is 8.60. The summed E-state index contributed by atoms with van der Waals surface area (Å²) in [4.78, 5) is 33.2. The van der Waals surface area contributed by atoms with Gasteiger partial charge in [0.25, 0.3) is 0 Å². The van der Waals surface area contributed by atoms with Crippen molar-refractivity contribution in [1.29, 1.82) is 0 Å². The molecule has 0 bridgehead atoms. The molecule has 0 unspecified atom stereocenters. The van der Waals surface area contributed by atoms with E-state index in [1.54, 1.807) is 0 Å². The molecule has 0 aliphatic rings. The molecule has 0 heterocycles. The van der Waals surface area contributed by atoms with Gasteiger partial charge >= 0.3 is 0 Å². The predicted molar refractivity (Wildman–Crippen MR) is 93.6 cm³/mol. The van der Waals surface area contributed by atoms with E-state index < -0.39 is 0 Å². The number of Topliss-reactive ketones (excluding diaryl/α,β-unsaturated/α-hetero) is 1. The first kappa shape index (κ1) is 24.4. The summed E-state index contributed by atoms with van der Waals surface area (Å²) in [5.41, 5.74) is 5.25. The Labute approximate surface area is 154 Å². The minimum absolute atomic E-state index is 0.0306. The standard InChI is InChI=1S/C16H31N3O7/c1-14(20)12-25-10-8-24-7-5-19-16(22)13-26-11-9-23-6-4-18-15(21)2-3-17/h2-13,17H2,1H3,(H,18,21)(H,19,22). The largest absolute Gasteiger partial charge is 0.377 e. The third-order valence-corrected chi connectivity index (χ3v) is 2.79. The van der Waals surface area contributed by atoms with Crippen LogP contribution in [0.4, 0.5) is 0 Å². The Kier molecular flexibility index (Phi) is 17.1. The molecule has 26 heavy (non-hydrogen) atoms. The van der Waals surface area contributed by atoms with Gasteiger partial charge in [0.15, 0.2) is 5.78 Å². The third-order valence-electron chi connectivity index (χ3n) is 2.79. The Morgan fingerprint density at radius 1 is 0.731 bits per heavy atom. The van der Waals surface area contributed by atoms with E-state index in [2.05, 4.69) is 10.6 Å². The zero-order chi connectivity index (χ0) is 19.5. The van der Waals surface area contributed by atoms with E-state index >= 15 is 0 Å². The number of carbonyl (C=O) groups excluding carboxylic acids is 3. The highest BCUT2D eigenvalue weighted by Crippen LogP contribution is 1.82. The summed E-state index contributed by atoms with van der Waals surface area (Å²) in [6, 6.07) is 0. The summed E-state index contributed by atoms with van der Waals surface area (Å²) in [5, 5.41) is 5.30. The molecule has 0 radical (unpaired) electrons. The fraction of sp³-hybridized carbons (Fsp3) is 0.812. The summed E-state index contributed by atoms with van der Waals surface area (Å²) in [6.45, 7) is 4.65. The van der Waals surface area contributed by atoms with Crippen molar-refractivity contribution in [2.45, 2.75) is 13.3 Å². The van der Waals surface area contributed by atoms with Crippen molar-refractivity contribution in [3.63, 3.8) is 0 Å². The van der Waals surface area contributed by atoms with Crippen molar-refractivity contribution in [1.82, 2.24) is 10.6 Å². The van der Waals surface area contributed by atoms with E-state index in [9.17, 15) is 14.4 Å². The van der Waals surface area contributed by atoms with Crippen LogP contribution in [0.1, 0.15) is 13.3 Å². The van der Waals surface area contributed by atoms with Crippen molar-refractivity contribution < 1.29 is 33.3 Å². The number of ether oxygens (including phenoxy) is 4. The quantitative estimate of drug-likeness (QED) is 0.238. The molecule has 0 saturated heterocycles. The van der Waals surface area contributed by atoms with E-state index in [0.717, 1.165) is 0 Å². The maximum absolute atomic E-state index is 11.5. The molecule has 10 nitrogen and oxygen atoms in total. The van der Waals surface area contributed by atoms with Crippen LogP contribution in [0.2, 0.25) is 0 Å². The first-order chi connectivity index (χ1) is 12.6. The summed E-state index contributed by atoms with van der Waals surface area (Å²) < 4.78 is 20.7. The summed E-state index contributed by atoms with van der Waals surface area (Å²) in [6.07, 6.45) is 0.302. The molecule has 0 saturated carbocycles. The van der Waals surface area contributed by atoms with Crippen LogP contribution in [0.25, 0.3) is 0 Å². The van der Waals surface area contributed by atoms with Gasteiger partial charge in [0.1, 0.15) is 13.2 Å². The van der Waals surface area contributed by atoms with E-state index in [0.29, 0.717) is 59.1 Å². The highest BCUT2D eigenvalue weighted by molar-refractivity contribution is 5.77. The lowest BCUT2D eigenvalue weighted by atomic mass is 10.4. The molecular weight excluding hydrogens is 346 g/mol. The molecule has 0 rings (SSSR count). The molecule has 152 valence electrons. The van der Waals surface area contributed by atoms with Crippen LogP contribution in [0.5, 0.6) is 0 Å². The lowest BCUT2D eigenvalue weighted by Gasteiger charge is -2.08. The van der Waals surface area contributed by atoms with Gasteiger partial charge in [-0.05, 0) is 6.92 Å². The van der Waals surface area contributed by atoms with E-state index in [4.69, 9.17) is 24.7 Å². The van der Waals surface area contributed by atoms with Crippen LogP contribution in [0.15, 0.2) is 0 Å². The molecule has 0 aliphatic heterocycles. The maximum Gasteiger partial charge on any atom is 0.246 e. The molecule has 0 aliphatic carbocycles. The number of hydrogen-bond donors (Lipinski definition) is 3. The Hall–Kier alpha value is -1.59. The van der Waals surface area contributed by atoms with Crippen LogP contribution in [-0.2, 0) is 33.3 Å². The van der Waals surface area contributed by atoms with Gasteiger partial charge in [-0.2, -0.15) is 0 Å². The van der Waals surface area contributed by atoms with Crippen molar-refractivity contribution >= 4 is 17.6 Å². The minimum atomic E-state index is -0.240. The molecule has 0 fully saturated rings.